The Labute approximate surface area is 65.1 Å². The van der Waals surface area contributed by atoms with Crippen molar-refractivity contribution in [3.05, 3.63) is 0 Å². The largest absolute Gasteiger partial charge is 0.375 e. The molecule has 0 saturated carbocycles. The van der Waals surface area contributed by atoms with Crippen LogP contribution < -0.4 is 10.6 Å². The molecule has 0 saturated heterocycles. The number of amides is 2. The first-order valence-electron chi connectivity index (χ1n) is 3.24. The minimum atomic E-state index is -0.180. The van der Waals surface area contributed by atoms with Crippen LogP contribution in [-0.4, -0.2) is 39.1 Å². The number of carbonyl (C=O) groups excluding carboxylic acids is 2. The lowest BCUT2D eigenvalue weighted by Crippen LogP contribution is -2.33. The Morgan fingerprint density at radius 1 is 1.55 bits per heavy atom. The molecule has 2 amide bonds. The first-order valence-corrected chi connectivity index (χ1v) is 3.24. The van der Waals surface area contributed by atoms with Crippen molar-refractivity contribution in [2.24, 2.45) is 0 Å². The van der Waals surface area contributed by atoms with Crippen LogP contribution >= 0.6 is 0 Å². The smallest absolute Gasteiger partial charge is 0.246 e. The van der Waals surface area contributed by atoms with Gasteiger partial charge in [0.1, 0.15) is 6.61 Å². The Morgan fingerprint density at radius 3 is 2.82 bits per heavy atom. The summed E-state index contributed by atoms with van der Waals surface area (Å²) < 4.78 is 4.56. The molecule has 0 aliphatic carbocycles. The Hall–Kier alpha value is -1.10. The maximum absolute atomic E-state index is 10.7. The van der Waals surface area contributed by atoms with Gasteiger partial charge in [0.25, 0.3) is 0 Å². The van der Waals surface area contributed by atoms with E-state index in [4.69, 9.17) is 0 Å². The zero-order chi connectivity index (χ0) is 8.53. The van der Waals surface area contributed by atoms with Gasteiger partial charge < -0.3 is 15.4 Å². The summed E-state index contributed by atoms with van der Waals surface area (Å²) in [5, 5.41) is 4.94. The van der Waals surface area contributed by atoms with Crippen LogP contribution in [0, 0.1) is 0 Å². The fourth-order valence-electron chi connectivity index (χ4n) is 0.515. The van der Waals surface area contributed by atoms with E-state index in [2.05, 4.69) is 15.4 Å². The maximum atomic E-state index is 10.7. The maximum Gasteiger partial charge on any atom is 0.246 e. The zero-order valence-electron chi connectivity index (χ0n) is 6.42. The van der Waals surface area contributed by atoms with Gasteiger partial charge in [0.2, 0.25) is 12.3 Å². The molecule has 0 rings (SSSR count). The highest BCUT2D eigenvalue weighted by Gasteiger charge is 1.96. The molecule has 2 N–H and O–H groups in total. The summed E-state index contributed by atoms with van der Waals surface area (Å²) in [4.78, 5) is 20.4. The predicted octanol–water partition coefficient (Wildman–Crippen LogP) is -1.50. The van der Waals surface area contributed by atoms with Gasteiger partial charge in [-0.2, -0.15) is 0 Å². The molecule has 0 aliphatic heterocycles. The van der Waals surface area contributed by atoms with Crippen LogP contribution in [0.25, 0.3) is 0 Å². The fraction of sp³-hybridized carbons (Fsp3) is 0.667. The molecule has 0 fully saturated rings. The molecular formula is C6H12N2O3. The van der Waals surface area contributed by atoms with Crippen LogP contribution in [0.3, 0.4) is 0 Å². The fourth-order valence-corrected chi connectivity index (χ4v) is 0.515. The highest BCUT2D eigenvalue weighted by atomic mass is 16.5. The number of carbonyl (C=O) groups is 2. The van der Waals surface area contributed by atoms with Crippen molar-refractivity contribution in [3.8, 4) is 0 Å². The third kappa shape index (κ3) is 6.79. The molecule has 0 aliphatic rings. The summed E-state index contributed by atoms with van der Waals surface area (Å²) >= 11 is 0. The van der Waals surface area contributed by atoms with Crippen molar-refractivity contribution >= 4 is 12.3 Å². The molecule has 64 valence electrons. The number of methoxy groups -OCH3 is 1. The van der Waals surface area contributed by atoms with Gasteiger partial charge in [0.05, 0.1) is 0 Å². The first kappa shape index (κ1) is 9.90. The normalized spacial score (nSPS) is 8.82. The van der Waals surface area contributed by atoms with Crippen LogP contribution in [0.15, 0.2) is 0 Å². The number of hydrogen-bond acceptors (Lipinski definition) is 3. The first-order chi connectivity index (χ1) is 5.31. The van der Waals surface area contributed by atoms with E-state index in [0.29, 0.717) is 19.5 Å². The summed E-state index contributed by atoms with van der Waals surface area (Å²) in [5.41, 5.74) is 0. The SMILES string of the molecule is COCC(=O)NCCNC=O. The van der Waals surface area contributed by atoms with Crippen molar-refractivity contribution in [2.75, 3.05) is 26.8 Å². The van der Waals surface area contributed by atoms with Crippen LogP contribution in [0.2, 0.25) is 0 Å². The lowest BCUT2D eigenvalue weighted by molar-refractivity contribution is -0.124. The molecule has 0 spiro atoms. The predicted molar refractivity (Wildman–Crippen MR) is 39.0 cm³/mol. The minimum Gasteiger partial charge on any atom is -0.375 e. The molecule has 5 heteroatoms. The lowest BCUT2D eigenvalue weighted by Gasteiger charge is -2.02. The van der Waals surface area contributed by atoms with E-state index < -0.39 is 0 Å². The van der Waals surface area contributed by atoms with Gasteiger partial charge in [0, 0.05) is 20.2 Å². The van der Waals surface area contributed by atoms with Crippen molar-refractivity contribution in [1.82, 2.24) is 10.6 Å². The highest BCUT2D eigenvalue weighted by molar-refractivity contribution is 5.77. The average Bonchev–Trinajstić information content (AvgIpc) is 1.99. The van der Waals surface area contributed by atoms with E-state index >= 15 is 0 Å². The standard InChI is InChI=1S/C6H12N2O3/c1-11-4-6(10)8-3-2-7-5-9/h5H,2-4H2,1H3,(H,7,9)(H,8,10). The second kappa shape index (κ2) is 7.01. The summed E-state index contributed by atoms with van der Waals surface area (Å²) in [5.74, 6) is -0.180. The van der Waals surface area contributed by atoms with E-state index in [1.807, 2.05) is 0 Å². The summed E-state index contributed by atoms with van der Waals surface area (Å²) in [6.45, 7) is 0.932. The van der Waals surface area contributed by atoms with Crippen molar-refractivity contribution < 1.29 is 14.3 Å². The van der Waals surface area contributed by atoms with Gasteiger partial charge in [0.15, 0.2) is 0 Å². The third-order valence-electron chi connectivity index (χ3n) is 0.950. The second-order valence-electron chi connectivity index (χ2n) is 1.85. The highest BCUT2D eigenvalue weighted by Crippen LogP contribution is 1.67. The molecule has 0 unspecified atom stereocenters. The van der Waals surface area contributed by atoms with Crippen molar-refractivity contribution in [3.63, 3.8) is 0 Å². The van der Waals surface area contributed by atoms with E-state index in [1.165, 1.54) is 7.11 Å². The monoisotopic (exact) mass is 160 g/mol. The van der Waals surface area contributed by atoms with E-state index in [1.54, 1.807) is 0 Å². The van der Waals surface area contributed by atoms with E-state index in [-0.39, 0.29) is 12.5 Å². The number of ether oxygens (including phenoxy) is 1. The van der Waals surface area contributed by atoms with Crippen LogP contribution in [0.5, 0.6) is 0 Å². The molecular weight excluding hydrogens is 148 g/mol. The Bertz CT molecular complexity index is 127. The average molecular weight is 160 g/mol. The lowest BCUT2D eigenvalue weighted by atomic mass is 10.5. The van der Waals surface area contributed by atoms with E-state index in [0.717, 1.165) is 0 Å². The molecule has 0 aromatic rings. The molecule has 5 nitrogen and oxygen atoms in total. The molecule has 11 heavy (non-hydrogen) atoms. The third-order valence-corrected chi connectivity index (χ3v) is 0.950. The molecule has 0 aromatic carbocycles. The summed E-state index contributed by atoms with van der Waals surface area (Å²) in [6.07, 6.45) is 0.586. The topological polar surface area (TPSA) is 67.4 Å². The zero-order valence-corrected chi connectivity index (χ0v) is 6.42. The van der Waals surface area contributed by atoms with Gasteiger partial charge in [-0.25, -0.2) is 0 Å². The molecule has 0 bridgehead atoms. The number of nitrogens with one attached hydrogen (secondary N) is 2. The molecule has 0 aromatic heterocycles. The van der Waals surface area contributed by atoms with Crippen LogP contribution in [0.1, 0.15) is 0 Å². The van der Waals surface area contributed by atoms with Gasteiger partial charge in [-0.3, -0.25) is 9.59 Å². The Kier molecular flexibility index (Phi) is 6.31. The van der Waals surface area contributed by atoms with Crippen molar-refractivity contribution in [2.45, 2.75) is 0 Å². The number of rotatable bonds is 6. The van der Waals surface area contributed by atoms with Crippen LogP contribution in [0.4, 0.5) is 0 Å². The molecule has 0 heterocycles. The van der Waals surface area contributed by atoms with Gasteiger partial charge >= 0.3 is 0 Å². The van der Waals surface area contributed by atoms with E-state index in [9.17, 15) is 9.59 Å². The quantitative estimate of drug-likeness (QED) is 0.367. The van der Waals surface area contributed by atoms with Gasteiger partial charge in [-0.15, -0.1) is 0 Å². The van der Waals surface area contributed by atoms with Crippen molar-refractivity contribution in [1.29, 1.82) is 0 Å². The van der Waals surface area contributed by atoms with Gasteiger partial charge in [-0.05, 0) is 0 Å². The summed E-state index contributed by atoms with van der Waals surface area (Å²) in [6, 6.07) is 0. The molecule has 0 radical (unpaired) electrons. The van der Waals surface area contributed by atoms with Crippen LogP contribution in [-0.2, 0) is 14.3 Å². The number of hydrogen-bond donors (Lipinski definition) is 2. The Morgan fingerprint density at radius 2 is 2.27 bits per heavy atom. The Balaban J connectivity index is 3.10. The summed E-state index contributed by atoms with van der Waals surface area (Å²) in [7, 11) is 1.45. The minimum absolute atomic E-state index is 0.0566. The van der Waals surface area contributed by atoms with Gasteiger partial charge in [-0.1, -0.05) is 0 Å². The molecule has 0 atom stereocenters. The second-order valence-corrected chi connectivity index (χ2v) is 1.85.